The zero-order valence-electron chi connectivity index (χ0n) is 9.88. The Kier molecular flexibility index (Phi) is 6.35. The molecule has 0 aliphatic carbocycles. The first-order chi connectivity index (χ1) is 5.93. The van der Waals surface area contributed by atoms with Crippen molar-refractivity contribution in [3.05, 3.63) is 0 Å². The molecule has 1 atom stereocenters. The van der Waals surface area contributed by atoms with Crippen LogP contribution in [0.4, 0.5) is 0 Å². The van der Waals surface area contributed by atoms with E-state index in [4.69, 9.17) is 5.73 Å². The summed E-state index contributed by atoms with van der Waals surface area (Å²) in [5, 5.41) is 0. The Morgan fingerprint density at radius 2 is 1.77 bits per heavy atom. The molecule has 1 saturated heterocycles. The van der Waals surface area contributed by atoms with Crippen LogP contribution in [-0.4, -0.2) is 30.1 Å². The highest BCUT2D eigenvalue weighted by molar-refractivity contribution is 4.74. The van der Waals surface area contributed by atoms with E-state index in [2.05, 4.69) is 25.7 Å². The topological polar surface area (TPSA) is 29.3 Å². The zero-order valence-corrected chi connectivity index (χ0v) is 9.88. The quantitative estimate of drug-likeness (QED) is 0.684. The van der Waals surface area contributed by atoms with Crippen molar-refractivity contribution >= 4 is 0 Å². The van der Waals surface area contributed by atoms with E-state index >= 15 is 0 Å². The third-order valence-electron chi connectivity index (χ3n) is 2.19. The number of nitrogens with zero attached hydrogens (tertiary/aromatic N) is 1. The van der Waals surface area contributed by atoms with Crippen LogP contribution in [0, 0.1) is 5.92 Å². The third kappa shape index (κ3) is 7.03. The Morgan fingerprint density at radius 3 is 1.92 bits per heavy atom. The SMILES string of the molecule is CC(C)N.CC1CCN(C(C)C)C1.[HH]. The van der Waals surface area contributed by atoms with Gasteiger partial charge in [0, 0.05) is 14.0 Å². The van der Waals surface area contributed by atoms with Gasteiger partial charge in [0.25, 0.3) is 0 Å². The van der Waals surface area contributed by atoms with Crippen molar-refractivity contribution in [1.29, 1.82) is 0 Å². The molecule has 0 aromatic rings. The molecule has 13 heavy (non-hydrogen) atoms. The maximum Gasteiger partial charge on any atom is 0.00387 e. The van der Waals surface area contributed by atoms with Crippen molar-refractivity contribution in [2.45, 2.75) is 53.1 Å². The van der Waals surface area contributed by atoms with Crippen LogP contribution in [0.3, 0.4) is 0 Å². The molecule has 82 valence electrons. The van der Waals surface area contributed by atoms with Crippen LogP contribution in [0.1, 0.15) is 42.5 Å². The molecule has 0 bridgehead atoms. The van der Waals surface area contributed by atoms with Gasteiger partial charge in [-0.2, -0.15) is 0 Å². The second-order valence-electron chi connectivity index (χ2n) is 4.73. The van der Waals surface area contributed by atoms with E-state index in [1.54, 1.807) is 0 Å². The maximum atomic E-state index is 5.11. The molecule has 0 spiro atoms. The lowest BCUT2D eigenvalue weighted by Crippen LogP contribution is -2.27. The summed E-state index contributed by atoms with van der Waals surface area (Å²) < 4.78 is 0. The molecule has 1 aliphatic rings. The average molecular weight is 188 g/mol. The molecule has 0 radical (unpaired) electrons. The van der Waals surface area contributed by atoms with Gasteiger partial charge in [-0.05, 0) is 38.8 Å². The number of hydrogen-bond donors (Lipinski definition) is 1. The van der Waals surface area contributed by atoms with Gasteiger partial charge in [-0.25, -0.2) is 0 Å². The summed E-state index contributed by atoms with van der Waals surface area (Å²) in [4.78, 5) is 2.55. The summed E-state index contributed by atoms with van der Waals surface area (Å²) in [6, 6.07) is 1.09. The molecule has 1 aliphatic heterocycles. The monoisotopic (exact) mass is 188 g/mol. The van der Waals surface area contributed by atoms with Gasteiger partial charge >= 0.3 is 0 Å². The Hall–Kier alpha value is -0.0800. The Labute approximate surface area is 85.0 Å². The fourth-order valence-corrected chi connectivity index (χ4v) is 1.44. The summed E-state index contributed by atoms with van der Waals surface area (Å²) in [6.07, 6.45) is 1.40. The van der Waals surface area contributed by atoms with Crippen molar-refractivity contribution < 1.29 is 1.43 Å². The lowest BCUT2D eigenvalue weighted by molar-refractivity contribution is 0.267. The van der Waals surface area contributed by atoms with Crippen LogP contribution in [0.15, 0.2) is 0 Å². The molecule has 1 unspecified atom stereocenters. The van der Waals surface area contributed by atoms with E-state index in [1.807, 2.05) is 13.8 Å². The van der Waals surface area contributed by atoms with Crippen molar-refractivity contribution in [3.8, 4) is 0 Å². The summed E-state index contributed by atoms with van der Waals surface area (Å²) >= 11 is 0. The molecule has 0 aromatic heterocycles. The predicted octanol–water partition coefficient (Wildman–Crippen LogP) is 2.34. The van der Waals surface area contributed by atoms with E-state index in [9.17, 15) is 0 Å². The van der Waals surface area contributed by atoms with Gasteiger partial charge in [-0.1, -0.05) is 20.8 Å². The van der Waals surface area contributed by atoms with Crippen LogP contribution >= 0.6 is 0 Å². The highest BCUT2D eigenvalue weighted by atomic mass is 15.2. The molecule has 0 amide bonds. The highest BCUT2D eigenvalue weighted by Gasteiger charge is 2.19. The third-order valence-corrected chi connectivity index (χ3v) is 2.19. The van der Waals surface area contributed by atoms with Gasteiger partial charge in [-0.15, -0.1) is 0 Å². The largest absolute Gasteiger partial charge is 0.328 e. The summed E-state index contributed by atoms with van der Waals surface area (Å²) in [6.45, 7) is 13.4. The Morgan fingerprint density at radius 1 is 1.31 bits per heavy atom. The second-order valence-corrected chi connectivity index (χ2v) is 4.73. The minimum absolute atomic E-state index is 0. The second kappa shape index (κ2) is 6.39. The van der Waals surface area contributed by atoms with Crippen LogP contribution in [0.2, 0.25) is 0 Å². The predicted molar refractivity (Wildman–Crippen MR) is 61.9 cm³/mol. The molecule has 2 nitrogen and oxygen atoms in total. The van der Waals surface area contributed by atoms with Gasteiger partial charge < -0.3 is 10.6 Å². The van der Waals surface area contributed by atoms with Crippen molar-refractivity contribution in [1.82, 2.24) is 4.90 Å². The summed E-state index contributed by atoms with van der Waals surface area (Å²) in [5.41, 5.74) is 5.11. The highest BCUT2D eigenvalue weighted by Crippen LogP contribution is 2.16. The molecule has 1 fully saturated rings. The van der Waals surface area contributed by atoms with Gasteiger partial charge in [0.15, 0.2) is 0 Å². The number of nitrogens with two attached hydrogens (primary N) is 1. The molecular weight excluding hydrogens is 160 g/mol. The lowest BCUT2D eigenvalue weighted by Gasteiger charge is -2.19. The molecule has 1 heterocycles. The zero-order chi connectivity index (χ0) is 10.4. The van der Waals surface area contributed by atoms with Gasteiger partial charge in [0.05, 0.1) is 0 Å². The fourth-order valence-electron chi connectivity index (χ4n) is 1.44. The van der Waals surface area contributed by atoms with E-state index in [0.717, 1.165) is 12.0 Å². The minimum atomic E-state index is 0. The van der Waals surface area contributed by atoms with Crippen LogP contribution in [-0.2, 0) is 0 Å². The van der Waals surface area contributed by atoms with E-state index in [-0.39, 0.29) is 1.43 Å². The Bertz CT molecular complexity index is 124. The van der Waals surface area contributed by atoms with Gasteiger partial charge in [0.2, 0.25) is 0 Å². The number of rotatable bonds is 1. The first kappa shape index (κ1) is 12.9. The number of likely N-dealkylation sites (tertiary alicyclic amines) is 1. The van der Waals surface area contributed by atoms with Crippen molar-refractivity contribution in [3.63, 3.8) is 0 Å². The standard InChI is InChI=1S/C8H17N.C3H9N.H2/c1-7(2)9-5-4-8(3)6-9;1-3(2)4;/h7-8H,4-6H2,1-3H3;3H,4H2,1-2H3;1H. The average Bonchev–Trinajstić information content (AvgIpc) is 2.34. The first-order valence-electron chi connectivity index (χ1n) is 5.43. The van der Waals surface area contributed by atoms with Crippen LogP contribution in [0.5, 0.6) is 0 Å². The molecule has 0 saturated carbocycles. The molecule has 1 rings (SSSR count). The molecular formula is C11H28N2. The Balaban J connectivity index is 0. The first-order valence-corrected chi connectivity index (χ1v) is 5.43. The van der Waals surface area contributed by atoms with Crippen molar-refractivity contribution in [2.75, 3.05) is 13.1 Å². The van der Waals surface area contributed by atoms with Crippen LogP contribution < -0.4 is 5.73 Å². The number of hydrogen-bond acceptors (Lipinski definition) is 2. The molecule has 2 heteroatoms. The van der Waals surface area contributed by atoms with Gasteiger partial charge in [-0.3, -0.25) is 0 Å². The van der Waals surface area contributed by atoms with Crippen LogP contribution in [0.25, 0.3) is 0 Å². The van der Waals surface area contributed by atoms with E-state index < -0.39 is 0 Å². The minimum Gasteiger partial charge on any atom is -0.328 e. The normalized spacial score (nSPS) is 23.5. The molecule has 2 N–H and O–H groups in total. The fraction of sp³-hybridized carbons (Fsp3) is 1.00. The summed E-state index contributed by atoms with van der Waals surface area (Å²) in [7, 11) is 0. The van der Waals surface area contributed by atoms with Gasteiger partial charge in [0.1, 0.15) is 0 Å². The van der Waals surface area contributed by atoms with Crippen molar-refractivity contribution in [2.24, 2.45) is 11.7 Å². The lowest BCUT2D eigenvalue weighted by atomic mass is 10.2. The summed E-state index contributed by atoms with van der Waals surface area (Å²) in [5.74, 6) is 0.937. The smallest absolute Gasteiger partial charge is 0.00387 e. The molecule has 0 aromatic carbocycles. The van der Waals surface area contributed by atoms with E-state index in [0.29, 0.717) is 6.04 Å². The van der Waals surface area contributed by atoms with E-state index in [1.165, 1.54) is 19.5 Å². The maximum absolute atomic E-state index is 5.11.